The van der Waals surface area contributed by atoms with Crippen LogP contribution >= 0.6 is 0 Å². The lowest BCUT2D eigenvalue weighted by Crippen LogP contribution is -2.50. The van der Waals surface area contributed by atoms with Gasteiger partial charge in [-0.25, -0.2) is 4.79 Å². The number of carboxylic acids is 1. The highest BCUT2D eigenvalue weighted by Gasteiger charge is 2.39. The fourth-order valence-corrected chi connectivity index (χ4v) is 3.31. The summed E-state index contributed by atoms with van der Waals surface area (Å²) in [5, 5.41) is 15.2. The molecule has 1 aliphatic carbocycles. The van der Waals surface area contributed by atoms with Crippen LogP contribution in [0.5, 0.6) is 0 Å². The summed E-state index contributed by atoms with van der Waals surface area (Å²) >= 11 is 0. The molecule has 2 amide bonds. The van der Waals surface area contributed by atoms with Gasteiger partial charge in [-0.15, -0.1) is 0 Å². The van der Waals surface area contributed by atoms with Crippen LogP contribution in [0, 0.1) is 5.41 Å². The maximum atomic E-state index is 12.0. The molecule has 2 atom stereocenters. The van der Waals surface area contributed by atoms with Gasteiger partial charge in [0.15, 0.2) is 0 Å². The van der Waals surface area contributed by atoms with Crippen molar-refractivity contribution in [1.82, 2.24) is 10.6 Å². The Hall–Kier alpha value is -1.30. The second kappa shape index (κ2) is 7.11. The molecular weight excluding hydrogens is 272 g/mol. The van der Waals surface area contributed by atoms with Crippen LogP contribution < -0.4 is 10.6 Å². The van der Waals surface area contributed by atoms with Crippen LogP contribution in [0.4, 0.5) is 4.79 Å². The number of ether oxygens (including phenoxy) is 1. The quantitative estimate of drug-likeness (QED) is 0.739. The van der Waals surface area contributed by atoms with Crippen molar-refractivity contribution in [3.63, 3.8) is 0 Å². The number of hydrogen-bond donors (Lipinski definition) is 3. The summed E-state index contributed by atoms with van der Waals surface area (Å²) in [5.74, 6) is -0.790. The third-order valence-electron chi connectivity index (χ3n) is 4.67. The van der Waals surface area contributed by atoms with E-state index in [0.717, 1.165) is 32.1 Å². The molecule has 2 rings (SSSR count). The van der Waals surface area contributed by atoms with Crippen LogP contribution in [0.25, 0.3) is 0 Å². The van der Waals surface area contributed by atoms with Crippen molar-refractivity contribution in [3.8, 4) is 0 Å². The van der Waals surface area contributed by atoms with Gasteiger partial charge in [-0.05, 0) is 32.6 Å². The van der Waals surface area contributed by atoms with E-state index in [1.165, 1.54) is 0 Å². The van der Waals surface area contributed by atoms with Gasteiger partial charge in [0.25, 0.3) is 0 Å². The number of amides is 2. The predicted molar refractivity (Wildman–Crippen MR) is 78.1 cm³/mol. The second-order valence-electron chi connectivity index (χ2n) is 6.38. The lowest BCUT2D eigenvalue weighted by molar-refractivity contribution is -0.150. The molecule has 6 nitrogen and oxygen atoms in total. The van der Waals surface area contributed by atoms with Gasteiger partial charge >= 0.3 is 12.0 Å². The van der Waals surface area contributed by atoms with E-state index in [4.69, 9.17) is 4.74 Å². The zero-order valence-electron chi connectivity index (χ0n) is 12.7. The lowest BCUT2D eigenvalue weighted by atomic mass is 9.74. The third-order valence-corrected chi connectivity index (χ3v) is 4.67. The Kier molecular flexibility index (Phi) is 5.45. The van der Waals surface area contributed by atoms with E-state index in [0.29, 0.717) is 19.4 Å². The molecule has 2 fully saturated rings. The highest BCUT2D eigenvalue weighted by atomic mass is 16.5. The Morgan fingerprint density at radius 1 is 1.29 bits per heavy atom. The molecule has 0 aromatic heterocycles. The predicted octanol–water partition coefficient (Wildman–Crippen LogP) is 1.89. The summed E-state index contributed by atoms with van der Waals surface area (Å²) in [5.41, 5.74) is -0.779. The molecule has 1 saturated carbocycles. The largest absolute Gasteiger partial charge is 0.481 e. The molecule has 0 bridgehead atoms. The Bertz CT molecular complexity index is 380. The van der Waals surface area contributed by atoms with Gasteiger partial charge in [-0.2, -0.15) is 0 Å². The first-order valence-electron chi connectivity index (χ1n) is 7.91. The van der Waals surface area contributed by atoms with Crippen molar-refractivity contribution in [2.45, 2.75) is 64.0 Å². The molecule has 120 valence electrons. The summed E-state index contributed by atoms with van der Waals surface area (Å²) in [4.78, 5) is 23.5. The van der Waals surface area contributed by atoms with Gasteiger partial charge < -0.3 is 20.5 Å². The number of nitrogens with one attached hydrogen (secondary N) is 2. The number of hydrogen-bond acceptors (Lipinski definition) is 3. The molecule has 6 heteroatoms. The lowest BCUT2D eigenvalue weighted by Gasteiger charge is -2.33. The van der Waals surface area contributed by atoms with E-state index >= 15 is 0 Å². The fraction of sp³-hybridized carbons (Fsp3) is 0.867. The van der Waals surface area contributed by atoms with E-state index in [9.17, 15) is 14.7 Å². The van der Waals surface area contributed by atoms with Crippen LogP contribution in [-0.4, -0.2) is 42.4 Å². The van der Waals surface area contributed by atoms with Crippen LogP contribution in [-0.2, 0) is 9.53 Å². The summed E-state index contributed by atoms with van der Waals surface area (Å²) in [7, 11) is 0. The van der Waals surface area contributed by atoms with Crippen LogP contribution in [0.3, 0.4) is 0 Å². The van der Waals surface area contributed by atoms with Gasteiger partial charge in [0.05, 0.1) is 11.5 Å². The SMILES string of the molecule is CC1CC(NC(=O)NCC2(C(=O)O)CCCCC2)CCO1. The molecule has 2 aliphatic rings. The van der Waals surface area contributed by atoms with Crippen LogP contribution in [0.15, 0.2) is 0 Å². The number of aliphatic carboxylic acids is 1. The van der Waals surface area contributed by atoms with E-state index in [-0.39, 0.29) is 24.7 Å². The second-order valence-corrected chi connectivity index (χ2v) is 6.38. The normalized spacial score (nSPS) is 28.6. The minimum Gasteiger partial charge on any atom is -0.481 e. The highest BCUT2D eigenvalue weighted by molar-refractivity contribution is 5.78. The minimum atomic E-state index is -0.790. The molecular formula is C15H26N2O4. The molecule has 0 aromatic carbocycles. The molecule has 1 saturated heterocycles. The number of carboxylic acid groups (broad SMARTS) is 1. The number of urea groups is 1. The minimum absolute atomic E-state index is 0.112. The average molecular weight is 298 g/mol. The van der Waals surface area contributed by atoms with Gasteiger partial charge in [-0.1, -0.05) is 19.3 Å². The molecule has 0 spiro atoms. The Morgan fingerprint density at radius 3 is 2.62 bits per heavy atom. The average Bonchev–Trinajstić information content (AvgIpc) is 2.46. The third kappa shape index (κ3) is 4.33. The molecule has 3 N–H and O–H groups in total. The number of carbonyl (C=O) groups is 2. The van der Waals surface area contributed by atoms with Gasteiger partial charge in [0.2, 0.25) is 0 Å². The molecule has 1 aliphatic heterocycles. The van der Waals surface area contributed by atoms with Crippen LogP contribution in [0.2, 0.25) is 0 Å². The zero-order chi connectivity index (χ0) is 15.3. The highest BCUT2D eigenvalue weighted by Crippen LogP contribution is 2.35. The zero-order valence-corrected chi connectivity index (χ0v) is 12.7. The number of rotatable bonds is 4. The van der Waals surface area contributed by atoms with Gasteiger partial charge in [-0.3, -0.25) is 4.79 Å². The maximum Gasteiger partial charge on any atom is 0.315 e. The molecule has 2 unspecified atom stereocenters. The van der Waals surface area contributed by atoms with Gasteiger partial charge in [0, 0.05) is 19.2 Å². The summed E-state index contributed by atoms with van der Waals surface area (Å²) < 4.78 is 5.44. The summed E-state index contributed by atoms with van der Waals surface area (Å²) in [6.07, 6.45) is 6.00. The molecule has 0 aromatic rings. The maximum absolute atomic E-state index is 12.0. The van der Waals surface area contributed by atoms with Crippen molar-refractivity contribution in [2.24, 2.45) is 5.41 Å². The van der Waals surface area contributed by atoms with Crippen molar-refractivity contribution < 1.29 is 19.4 Å². The van der Waals surface area contributed by atoms with E-state index in [1.54, 1.807) is 0 Å². The topological polar surface area (TPSA) is 87.7 Å². The van der Waals surface area contributed by atoms with Crippen molar-refractivity contribution in [3.05, 3.63) is 0 Å². The van der Waals surface area contributed by atoms with Crippen molar-refractivity contribution >= 4 is 12.0 Å². The van der Waals surface area contributed by atoms with Crippen LogP contribution in [0.1, 0.15) is 51.9 Å². The standard InChI is InChI=1S/C15H26N2O4/c1-11-9-12(5-8-21-11)17-14(20)16-10-15(13(18)19)6-3-2-4-7-15/h11-12H,2-10H2,1H3,(H,18,19)(H2,16,17,20). The first-order valence-corrected chi connectivity index (χ1v) is 7.91. The Morgan fingerprint density at radius 2 is 2.00 bits per heavy atom. The molecule has 0 radical (unpaired) electrons. The molecule has 1 heterocycles. The summed E-state index contributed by atoms with van der Waals surface area (Å²) in [6.45, 7) is 2.87. The van der Waals surface area contributed by atoms with E-state index in [2.05, 4.69) is 10.6 Å². The smallest absolute Gasteiger partial charge is 0.315 e. The molecule has 21 heavy (non-hydrogen) atoms. The first kappa shape index (κ1) is 16.1. The van der Waals surface area contributed by atoms with Gasteiger partial charge in [0.1, 0.15) is 0 Å². The van der Waals surface area contributed by atoms with E-state index < -0.39 is 11.4 Å². The van der Waals surface area contributed by atoms with Crippen molar-refractivity contribution in [1.29, 1.82) is 0 Å². The first-order chi connectivity index (χ1) is 10.0. The van der Waals surface area contributed by atoms with Crippen molar-refractivity contribution in [2.75, 3.05) is 13.2 Å². The summed E-state index contributed by atoms with van der Waals surface area (Å²) in [6, 6.07) is -0.152. The Labute approximate surface area is 125 Å². The number of carbonyl (C=O) groups excluding carboxylic acids is 1. The monoisotopic (exact) mass is 298 g/mol. The fourth-order valence-electron chi connectivity index (χ4n) is 3.31. The Balaban J connectivity index is 1.80. The van der Waals surface area contributed by atoms with E-state index in [1.807, 2.05) is 6.92 Å².